The van der Waals surface area contributed by atoms with Crippen LogP contribution >= 0.6 is 23.4 Å². The van der Waals surface area contributed by atoms with E-state index in [-0.39, 0.29) is 5.04 Å². The standard InChI is InChI=1S/C24H20ClN5O3S/c1-33-23(32)22(28-26-19-15-9-8-14-18(19)25)34-24-29-27-21(20(31)16-10-4-2-5-11-16)30(24)17-12-6-3-7-13-17/h2-15,20,26,31H,1H3/b28-22-/t20-/m1/s1. The molecule has 0 aliphatic heterocycles. The van der Waals surface area contributed by atoms with Crippen LogP contribution in [0.15, 0.2) is 95.2 Å². The van der Waals surface area contributed by atoms with Gasteiger partial charge in [-0.25, -0.2) is 4.79 Å². The van der Waals surface area contributed by atoms with Crippen molar-refractivity contribution in [2.75, 3.05) is 12.5 Å². The molecular weight excluding hydrogens is 474 g/mol. The zero-order chi connectivity index (χ0) is 23.9. The number of ether oxygens (including phenoxy) is 1. The summed E-state index contributed by atoms with van der Waals surface area (Å²) in [6, 6.07) is 25.4. The Morgan fingerprint density at radius 1 is 1.03 bits per heavy atom. The molecule has 2 N–H and O–H groups in total. The second-order valence-corrected chi connectivity index (χ2v) is 8.29. The average Bonchev–Trinajstić information content (AvgIpc) is 3.31. The molecule has 0 fully saturated rings. The van der Waals surface area contributed by atoms with Gasteiger partial charge < -0.3 is 9.84 Å². The van der Waals surface area contributed by atoms with Crippen molar-refractivity contribution in [1.82, 2.24) is 14.8 Å². The molecule has 0 amide bonds. The van der Waals surface area contributed by atoms with E-state index in [2.05, 4.69) is 20.7 Å². The van der Waals surface area contributed by atoms with E-state index in [1.165, 1.54) is 7.11 Å². The van der Waals surface area contributed by atoms with Crippen LogP contribution in [0.5, 0.6) is 0 Å². The van der Waals surface area contributed by atoms with Crippen molar-refractivity contribution in [3.63, 3.8) is 0 Å². The normalized spacial score (nSPS) is 12.3. The second kappa shape index (κ2) is 11.0. The van der Waals surface area contributed by atoms with Gasteiger partial charge in [0.15, 0.2) is 5.82 Å². The van der Waals surface area contributed by atoms with Crippen LogP contribution in [0.3, 0.4) is 0 Å². The Balaban J connectivity index is 1.73. The van der Waals surface area contributed by atoms with Crippen LogP contribution in [0.1, 0.15) is 17.5 Å². The largest absolute Gasteiger partial charge is 0.464 e. The number of nitrogens with one attached hydrogen (secondary N) is 1. The lowest BCUT2D eigenvalue weighted by Gasteiger charge is -2.14. The van der Waals surface area contributed by atoms with E-state index < -0.39 is 12.1 Å². The molecule has 8 nitrogen and oxygen atoms in total. The maximum Gasteiger partial charge on any atom is 0.365 e. The Morgan fingerprint density at radius 2 is 1.68 bits per heavy atom. The summed E-state index contributed by atoms with van der Waals surface area (Å²) >= 11 is 7.12. The number of methoxy groups -OCH3 is 1. The highest BCUT2D eigenvalue weighted by Gasteiger charge is 2.25. The first-order chi connectivity index (χ1) is 16.6. The van der Waals surface area contributed by atoms with Gasteiger partial charge in [-0.3, -0.25) is 9.99 Å². The highest BCUT2D eigenvalue weighted by atomic mass is 35.5. The Labute approximate surface area is 205 Å². The van der Waals surface area contributed by atoms with Gasteiger partial charge in [0.05, 0.1) is 17.8 Å². The predicted molar refractivity (Wildman–Crippen MR) is 132 cm³/mol. The van der Waals surface area contributed by atoms with Crippen LogP contribution in [0, 0.1) is 0 Å². The number of hydrogen-bond donors (Lipinski definition) is 2. The van der Waals surface area contributed by atoms with Crippen molar-refractivity contribution in [2.24, 2.45) is 5.10 Å². The molecule has 4 rings (SSSR count). The van der Waals surface area contributed by atoms with Crippen molar-refractivity contribution < 1.29 is 14.6 Å². The van der Waals surface area contributed by atoms with Gasteiger partial charge in [0, 0.05) is 5.69 Å². The maximum atomic E-state index is 12.5. The minimum absolute atomic E-state index is 0.0206. The number of esters is 1. The molecule has 0 aliphatic carbocycles. The quantitative estimate of drug-likeness (QED) is 0.132. The third-order valence-electron chi connectivity index (χ3n) is 4.73. The van der Waals surface area contributed by atoms with E-state index in [4.69, 9.17) is 16.3 Å². The smallest absolute Gasteiger partial charge is 0.365 e. The van der Waals surface area contributed by atoms with E-state index in [1.807, 2.05) is 48.5 Å². The third-order valence-corrected chi connectivity index (χ3v) is 5.96. The molecule has 3 aromatic carbocycles. The molecule has 0 bridgehead atoms. The number of aliphatic hydroxyl groups is 1. The molecule has 1 heterocycles. The minimum Gasteiger partial charge on any atom is -0.464 e. The summed E-state index contributed by atoms with van der Waals surface area (Å²) in [5.41, 5.74) is 4.68. The van der Waals surface area contributed by atoms with Gasteiger partial charge in [0.25, 0.3) is 0 Å². The number of carbonyl (C=O) groups excluding carboxylic acids is 1. The zero-order valence-electron chi connectivity index (χ0n) is 18.0. The third kappa shape index (κ3) is 5.28. The van der Waals surface area contributed by atoms with Crippen LogP contribution in [0.2, 0.25) is 5.02 Å². The van der Waals surface area contributed by atoms with Crippen LogP contribution in [-0.2, 0) is 9.53 Å². The maximum absolute atomic E-state index is 12.5. The highest BCUT2D eigenvalue weighted by molar-refractivity contribution is 8.15. The molecule has 0 aliphatic rings. The molecule has 0 unspecified atom stereocenters. The lowest BCUT2D eigenvalue weighted by Crippen LogP contribution is -2.16. The SMILES string of the molecule is COC(=O)/C(=N/Nc1ccccc1Cl)Sc1nnc([C@H](O)c2ccccc2)n1-c1ccccc1. The Hall–Kier alpha value is -3.66. The number of aliphatic hydroxyl groups excluding tert-OH is 1. The number of aromatic nitrogens is 3. The number of nitrogens with zero attached hydrogens (tertiary/aromatic N) is 4. The van der Waals surface area contributed by atoms with Crippen molar-refractivity contribution in [3.05, 3.63) is 101 Å². The molecule has 0 saturated heterocycles. The predicted octanol–water partition coefficient (Wildman–Crippen LogP) is 4.69. The fourth-order valence-electron chi connectivity index (χ4n) is 3.08. The van der Waals surface area contributed by atoms with Crippen LogP contribution in [0.4, 0.5) is 5.69 Å². The summed E-state index contributed by atoms with van der Waals surface area (Å²) in [4.78, 5) is 12.5. The average molecular weight is 494 g/mol. The zero-order valence-corrected chi connectivity index (χ0v) is 19.6. The minimum atomic E-state index is -1.04. The highest BCUT2D eigenvalue weighted by Crippen LogP contribution is 2.29. The first-order valence-corrected chi connectivity index (χ1v) is 11.4. The van der Waals surface area contributed by atoms with Gasteiger partial charge >= 0.3 is 5.97 Å². The van der Waals surface area contributed by atoms with Gasteiger partial charge in [0.1, 0.15) is 6.10 Å². The number of anilines is 1. The topological polar surface area (TPSA) is 102 Å². The monoisotopic (exact) mass is 493 g/mol. The summed E-state index contributed by atoms with van der Waals surface area (Å²) in [5, 5.41) is 24.5. The van der Waals surface area contributed by atoms with E-state index in [0.29, 0.717) is 32.9 Å². The van der Waals surface area contributed by atoms with Crippen LogP contribution < -0.4 is 5.43 Å². The second-order valence-electron chi connectivity index (χ2n) is 6.93. The van der Waals surface area contributed by atoms with E-state index in [1.54, 1.807) is 41.0 Å². The number of para-hydroxylation sites is 2. The van der Waals surface area contributed by atoms with Crippen molar-refractivity contribution in [2.45, 2.75) is 11.3 Å². The lowest BCUT2D eigenvalue weighted by atomic mass is 10.1. The summed E-state index contributed by atoms with van der Waals surface area (Å²) in [6.45, 7) is 0. The number of hydrogen-bond acceptors (Lipinski definition) is 8. The first-order valence-electron chi connectivity index (χ1n) is 10.2. The van der Waals surface area contributed by atoms with Gasteiger partial charge in [-0.2, -0.15) is 5.10 Å². The number of rotatable bonds is 6. The molecule has 0 saturated carbocycles. The molecule has 34 heavy (non-hydrogen) atoms. The van der Waals surface area contributed by atoms with Gasteiger partial charge in [-0.05, 0) is 41.6 Å². The van der Waals surface area contributed by atoms with Gasteiger partial charge in [0.2, 0.25) is 10.2 Å². The molecule has 10 heteroatoms. The molecule has 0 spiro atoms. The summed E-state index contributed by atoms with van der Waals surface area (Å²) < 4.78 is 6.58. The van der Waals surface area contributed by atoms with E-state index in [0.717, 1.165) is 11.8 Å². The summed E-state index contributed by atoms with van der Waals surface area (Å²) in [6.07, 6.45) is -1.04. The fraction of sp³-hybridized carbons (Fsp3) is 0.0833. The van der Waals surface area contributed by atoms with Crippen molar-refractivity contribution >= 4 is 40.1 Å². The van der Waals surface area contributed by atoms with Crippen molar-refractivity contribution in [3.8, 4) is 5.69 Å². The number of carbonyl (C=O) groups is 1. The Kier molecular flexibility index (Phi) is 7.58. The molecule has 0 radical (unpaired) electrons. The van der Waals surface area contributed by atoms with E-state index in [9.17, 15) is 9.90 Å². The number of hydrazone groups is 1. The fourth-order valence-corrected chi connectivity index (χ4v) is 4.06. The van der Waals surface area contributed by atoms with E-state index >= 15 is 0 Å². The Bertz CT molecular complexity index is 1300. The van der Waals surface area contributed by atoms with Gasteiger partial charge in [-0.1, -0.05) is 72.3 Å². The Morgan fingerprint density at radius 3 is 2.35 bits per heavy atom. The molecule has 1 atom stereocenters. The van der Waals surface area contributed by atoms with Crippen LogP contribution in [0.25, 0.3) is 5.69 Å². The molecule has 4 aromatic rings. The number of benzene rings is 3. The van der Waals surface area contributed by atoms with Crippen LogP contribution in [-0.4, -0.2) is 38.0 Å². The van der Waals surface area contributed by atoms with Gasteiger partial charge in [-0.15, -0.1) is 10.2 Å². The summed E-state index contributed by atoms with van der Waals surface area (Å²) in [5.74, 6) is -0.375. The number of halogens is 1. The molecule has 172 valence electrons. The molecular formula is C24H20ClN5O3S. The van der Waals surface area contributed by atoms with Crippen molar-refractivity contribution in [1.29, 1.82) is 0 Å². The lowest BCUT2D eigenvalue weighted by molar-refractivity contribution is -0.132. The number of thioether (sulfide) groups is 1. The summed E-state index contributed by atoms with van der Waals surface area (Å²) in [7, 11) is 1.26. The molecule has 1 aromatic heterocycles. The first kappa shape index (κ1) is 23.5.